The largest absolute Gasteiger partial charge is 0.479 e. The van der Waals surface area contributed by atoms with Gasteiger partial charge in [0.2, 0.25) is 0 Å². The number of hydrogen-bond donors (Lipinski definition) is 2. The molecule has 0 saturated carbocycles. The summed E-state index contributed by atoms with van der Waals surface area (Å²) < 4.78 is 15.3. The molecule has 0 radical (unpaired) electrons. The van der Waals surface area contributed by atoms with Crippen molar-refractivity contribution >= 4 is 23.5 Å². The predicted octanol–water partition coefficient (Wildman–Crippen LogP) is 3.20. The third kappa shape index (κ3) is 4.36. The molecule has 0 saturated heterocycles. The van der Waals surface area contributed by atoms with Crippen LogP contribution in [0.15, 0.2) is 24.4 Å². The van der Waals surface area contributed by atoms with Crippen LogP contribution in [0, 0.1) is 18.7 Å². The van der Waals surface area contributed by atoms with Crippen molar-refractivity contribution in [2.24, 2.45) is 5.92 Å². The lowest BCUT2D eigenvalue weighted by Gasteiger charge is -2.15. The number of amides is 1. The van der Waals surface area contributed by atoms with Gasteiger partial charge in [-0.2, -0.15) is 5.10 Å². The molecular weight excluding hydrogens is 349 g/mol. The molecule has 2 N–H and O–H groups in total. The Morgan fingerprint density at radius 1 is 1.40 bits per heavy atom. The molecular formula is C17H19ClFN3O3. The summed E-state index contributed by atoms with van der Waals surface area (Å²) in [5.41, 5.74) is 1.01. The summed E-state index contributed by atoms with van der Waals surface area (Å²) in [6.45, 7) is 6.43. The standard InChI is InChI=1S/C17H19ClFN3O3/c1-9(2)8-22-10(3)12(7-20-22)16(23)21-15(17(24)25)11-4-5-13(18)14(19)6-11/h4-7,9,15H,8H2,1-3H3,(H,21,23)(H,24,25). The van der Waals surface area contributed by atoms with E-state index in [4.69, 9.17) is 11.6 Å². The van der Waals surface area contributed by atoms with Gasteiger partial charge >= 0.3 is 5.97 Å². The topological polar surface area (TPSA) is 84.2 Å². The highest BCUT2D eigenvalue weighted by atomic mass is 35.5. The van der Waals surface area contributed by atoms with E-state index in [9.17, 15) is 19.1 Å². The summed E-state index contributed by atoms with van der Waals surface area (Å²) in [5.74, 6) is -2.29. The molecule has 1 heterocycles. The summed E-state index contributed by atoms with van der Waals surface area (Å²) in [6, 6.07) is 2.21. The minimum absolute atomic E-state index is 0.0926. The summed E-state index contributed by atoms with van der Waals surface area (Å²) in [7, 11) is 0. The number of rotatable bonds is 6. The Labute approximate surface area is 149 Å². The highest BCUT2D eigenvalue weighted by Gasteiger charge is 2.25. The van der Waals surface area contributed by atoms with Crippen molar-refractivity contribution in [3.8, 4) is 0 Å². The van der Waals surface area contributed by atoms with Crippen LogP contribution in [0.25, 0.3) is 0 Å². The smallest absolute Gasteiger partial charge is 0.330 e. The van der Waals surface area contributed by atoms with Crippen molar-refractivity contribution in [2.45, 2.75) is 33.4 Å². The lowest BCUT2D eigenvalue weighted by atomic mass is 10.1. The van der Waals surface area contributed by atoms with Crippen molar-refractivity contribution in [1.29, 1.82) is 0 Å². The molecule has 0 aliphatic heterocycles. The number of aromatic nitrogens is 2. The van der Waals surface area contributed by atoms with Crippen LogP contribution in [0.1, 0.15) is 41.5 Å². The molecule has 0 spiro atoms. The number of carboxylic acids is 1. The average molecular weight is 368 g/mol. The Balaban J connectivity index is 2.25. The van der Waals surface area contributed by atoms with E-state index in [0.29, 0.717) is 18.2 Å². The number of carbonyl (C=O) groups is 2. The van der Waals surface area contributed by atoms with Gasteiger partial charge in [0.15, 0.2) is 6.04 Å². The van der Waals surface area contributed by atoms with Crippen molar-refractivity contribution in [3.63, 3.8) is 0 Å². The zero-order chi connectivity index (χ0) is 18.7. The number of halogens is 2. The minimum atomic E-state index is -1.40. The van der Waals surface area contributed by atoms with Crippen LogP contribution in [0.3, 0.4) is 0 Å². The molecule has 0 fully saturated rings. The third-order valence-electron chi connectivity index (χ3n) is 3.69. The van der Waals surface area contributed by atoms with Gasteiger partial charge < -0.3 is 10.4 Å². The van der Waals surface area contributed by atoms with E-state index in [-0.39, 0.29) is 16.1 Å². The second kappa shape index (κ2) is 7.65. The molecule has 134 valence electrons. The van der Waals surface area contributed by atoms with Gasteiger partial charge in [-0.05, 0) is 30.5 Å². The highest BCUT2D eigenvalue weighted by molar-refractivity contribution is 6.30. The normalized spacial score (nSPS) is 12.2. The molecule has 8 heteroatoms. The summed E-state index contributed by atoms with van der Waals surface area (Å²) in [5, 5.41) is 15.8. The maximum absolute atomic E-state index is 13.6. The third-order valence-corrected chi connectivity index (χ3v) is 3.99. The second-order valence-electron chi connectivity index (χ2n) is 6.14. The minimum Gasteiger partial charge on any atom is -0.479 e. The van der Waals surface area contributed by atoms with Crippen LogP contribution in [-0.4, -0.2) is 26.8 Å². The van der Waals surface area contributed by atoms with Gasteiger partial charge in [0.1, 0.15) is 5.82 Å². The lowest BCUT2D eigenvalue weighted by Crippen LogP contribution is -2.34. The fourth-order valence-electron chi connectivity index (χ4n) is 2.39. The van der Waals surface area contributed by atoms with Crippen LogP contribution in [0.2, 0.25) is 5.02 Å². The van der Waals surface area contributed by atoms with E-state index in [1.807, 2.05) is 13.8 Å². The Morgan fingerprint density at radius 2 is 2.08 bits per heavy atom. The quantitative estimate of drug-likeness (QED) is 0.821. The Kier molecular flexibility index (Phi) is 5.79. The Morgan fingerprint density at radius 3 is 2.64 bits per heavy atom. The molecule has 1 atom stereocenters. The molecule has 1 aromatic heterocycles. The van der Waals surface area contributed by atoms with Crippen molar-refractivity contribution in [2.75, 3.05) is 0 Å². The van der Waals surface area contributed by atoms with Gasteiger partial charge in [-0.1, -0.05) is 31.5 Å². The molecule has 1 amide bonds. The SMILES string of the molecule is Cc1c(C(=O)NC(C(=O)O)c2ccc(Cl)c(F)c2)cnn1CC(C)C. The monoisotopic (exact) mass is 367 g/mol. The average Bonchev–Trinajstić information content (AvgIpc) is 2.88. The summed E-state index contributed by atoms with van der Waals surface area (Å²) in [6.07, 6.45) is 1.40. The first-order valence-electron chi connectivity index (χ1n) is 7.71. The molecule has 1 aromatic carbocycles. The first kappa shape index (κ1) is 18.9. The van der Waals surface area contributed by atoms with Crippen LogP contribution in [-0.2, 0) is 11.3 Å². The lowest BCUT2D eigenvalue weighted by molar-refractivity contribution is -0.139. The van der Waals surface area contributed by atoms with Crippen LogP contribution in [0.5, 0.6) is 0 Å². The van der Waals surface area contributed by atoms with Crippen molar-refractivity contribution in [1.82, 2.24) is 15.1 Å². The highest BCUT2D eigenvalue weighted by Crippen LogP contribution is 2.21. The molecule has 2 rings (SSSR count). The molecule has 6 nitrogen and oxygen atoms in total. The maximum Gasteiger partial charge on any atom is 0.330 e. The molecule has 0 aliphatic carbocycles. The Bertz CT molecular complexity index is 804. The van der Waals surface area contributed by atoms with E-state index >= 15 is 0 Å². The number of benzene rings is 1. The van der Waals surface area contributed by atoms with E-state index in [0.717, 1.165) is 6.07 Å². The molecule has 1 unspecified atom stereocenters. The molecule has 2 aromatic rings. The van der Waals surface area contributed by atoms with Crippen LogP contribution in [0.4, 0.5) is 4.39 Å². The van der Waals surface area contributed by atoms with E-state index in [1.165, 1.54) is 18.3 Å². The number of nitrogens with one attached hydrogen (secondary N) is 1. The number of carbonyl (C=O) groups excluding carboxylic acids is 1. The predicted molar refractivity (Wildman–Crippen MR) is 91.1 cm³/mol. The van der Waals surface area contributed by atoms with E-state index < -0.39 is 23.7 Å². The van der Waals surface area contributed by atoms with Crippen molar-refractivity contribution < 1.29 is 19.1 Å². The first-order valence-corrected chi connectivity index (χ1v) is 8.09. The first-order chi connectivity index (χ1) is 11.7. The summed E-state index contributed by atoms with van der Waals surface area (Å²) in [4.78, 5) is 24.0. The van der Waals surface area contributed by atoms with Gasteiger partial charge in [-0.25, -0.2) is 9.18 Å². The number of hydrogen-bond acceptors (Lipinski definition) is 3. The zero-order valence-corrected chi connectivity index (χ0v) is 14.8. The zero-order valence-electron chi connectivity index (χ0n) is 14.1. The van der Waals surface area contributed by atoms with Crippen molar-refractivity contribution in [3.05, 3.63) is 52.1 Å². The fraction of sp³-hybridized carbons (Fsp3) is 0.353. The van der Waals surface area contributed by atoms with Gasteiger partial charge in [-0.3, -0.25) is 9.48 Å². The number of nitrogens with zero attached hydrogens (tertiary/aromatic N) is 2. The van der Waals surface area contributed by atoms with E-state index in [1.54, 1.807) is 11.6 Å². The van der Waals surface area contributed by atoms with Gasteiger partial charge in [0.05, 0.1) is 16.8 Å². The van der Waals surface area contributed by atoms with Gasteiger partial charge in [0, 0.05) is 12.2 Å². The fourth-order valence-corrected chi connectivity index (χ4v) is 2.51. The Hall–Kier alpha value is -2.41. The molecule has 0 bridgehead atoms. The molecule has 25 heavy (non-hydrogen) atoms. The molecule has 0 aliphatic rings. The number of aliphatic carboxylic acids is 1. The van der Waals surface area contributed by atoms with Crippen LogP contribution < -0.4 is 5.32 Å². The van der Waals surface area contributed by atoms with Gasteiger partial charge in [-0.15, -0.1) is 0 Å². The summed E-state index contributed by atoms with van der Waals surface area (Å²) >= 11 is 5.61. The maximum atomic E-state index is 13.6. The van der Waals surface area contributed by atoms with Gasteiger partial charge in [0.25, 0.3) is 5.91 Å². The number of carboxylic acid groups (broad SMARTS) is 1. The second-order valence-corrected chi connectivity index (χ2v) is 6.55. The van der Waals surface area contributed by atoms with Crippen LogP contribution >= 0.6 is 11.6 Å². The van der Waals surface area contributed by atoms with E-state index in [2.05, 4.69) is 10.4 Å².